The standard InChI is InChI=1S/C73H112ClF9N12O13/c1-15-21-50-60(99)85-59(42(4)16-2)67(106)89(10)39-58(98)91(12)51-22-19-18-20-31-94(66(51)105)54(33-44-23-27-45(28-24-44)72(78,79)80)64(103)88(9)38-56(96)84-49(30-26-43-25-29-47(48(74)32-43)73(81,82)83)62(101)95-37-46(108-17-3)34-52(95)61(100)86-70(40-69(5,6)41-70)68(107)93(14)55(36-71(75,76)77)65(104)92(13)53(63(102)87(7)8)35-57(97)90(50)11/h18-19,42-55,59H,15-17,20-41H2,1-14H3,(H,84,96)(H,85,99)(H,86,100)/b19-18-/t42-,43?,44?,45?,46+,47?,48?,49-,50-,51-,52-,53-,54-,55-,59-/m0/s1. The lowest BCUT2D eigenvalue weighted by Gasteiger charge is -2.54. The lowest BCUT2D eigenvalue weighted by molar-refractivity contribution is -0.184. The molecular formula is C73H112ClF9N12O13. The van der Waals surface area contributed by atoms with Crippen LogP contribution in [-0.4, -0.2) is 288 Å². The largest absolute Gasteiger partial charge is 0.393 e. The Balaban J connectivity index is 1.49. The fourth-order valence-corrected chi connectivity index (χ4v) is 17.0. The second-order valence-corrected chi connectivity index (χ2v) is 32.3. The van der Waals surface area contributed by atoms with Crippen LogP contribution in [0, 0.1) is 35.0 Å². The van der Waals surface area contributed by atoms with Crippen LogP contribution in [0.2, 0.25) is 0 Å². The molecule has 3 aliphatic carbocycles. The van der Waals surface area contributed by atoms with E-state index in [2.05, 4.69) is 16.0 Å². The van der Waals surface area contributed by atoms with Gasteiger partial charge in [0, 0.05) is 87.9 Å². The number of halogens is 10. The van der Waals surface area contributed by atoms with Crippen LogP contribution in [0.25, 0.3) is 0 Å². The molecule has 25 nitrogen and oxygen atoms in total. The zero-order chi connectivity index (χ0) is 81.2. The Morgan fingerprint density at radius 1 is 0.648 bits per heavy atom. The van der Waals surface area contributed by atoms with Crippen molar-refractivity contribution < 1.29 is 102 Å². The quantitative estimate of drug-likeness (QED) is 0.0971. The number of nitrogens with one attached hydrogen (secondary N) is 3. The minimum atomic E-state index is -5.20. The fourth-order valence-electron chi connectivity index (χ4n) is 16.5. The summed E-state index contributed by atoms with van der Waals surface area (Å²) in [5, 5.41) is 6.79. The molecule has 12 amide bonds. The summed E-state index contributed by atoms with van der Waals surface area (Å²) in [4.78, 5) is 188. The van der Waals surface area contributed by atoms with E-state index < -0.39 is 216 Å². The first-order chi connectivity index (χ1) is 50.1. The van der Waals surface area contributed by atoms with E-state index in [0.29, 0.717) is 9.80 Å². The Bertz CT molecular complexity index is 3260. The first kappa shape index (κ1) is 89.9. The predicted octanol–water partition coefficient (Wildman–Crippen LogP) is 6.82. The maximum atomic E-state index is 15.5. The molecule has 6 aliphatic rings. The van der Waals surface area contributed by atoms with Gasteiger partial charge in [-0.2, -0.15) is 39.5 Å². The molecule has 2 bridgehead atoms. The van der Waals surface area contributed by atoms with E-state index >= 15 is 37.1 Å². The van der Waals surface area contributed by atoms with E-state index in [4.69, 9.17) is 16.3 Å². The van der Waals surface area contributed by atoms with Crippen molar-refractivity contribution in [3.63, 3.8) is 0 Å². The molecule has 6 rings (SSSR count). The summed E-state index contributed by atoms with van der Waals surface area (Å²) in [5.74, 6) is -16.8. The molecule has 0 aromatic carbocycles. The van der Waals surface area contributed by atoms with E-state index in [0.717, 1.165) is 43.5 Å². The minimum Gasteiger partial charge on any atom is -0.377 e. The molecule has 0 radical (unpaired) electrons. The molecule has 3 N–H and O–H groups in total. The van der Waals surface area contributed by atoms with Gasteiger partial charge in [-0.1, -0.05) is 59.6 Å². The van der Waals surface area contributed by atoms with Crippen LogP contribution in [-0.2, 0) is 62.3 Å². The third kappa shape index (κ3) is 22.6. The maximum absolute atomic E-state index is 15.5. The molecule has 13 atom stereocenters. The van der Waals surface area contributed by atoms with Crippen molar-refractivity contribution in [1.29, 1.82) is 0 Å². The molecule has 3 saturated carbocycles. The highest BCUT2D eigenvalue weighted by Gasteiger charge is 2.60. The number of ether oxygens (including phenoxy) is 1. The van der Waals surface area contributed by atoms with Gasteiger partial charge in [0.25, 0.3) is 0 Å². The van der Waals surface area contributed by atoms with Crippen LogP contribution < -0.4 is 16.0 Å². The predicted molar refractivity (Wildman–Crippen MR) is 379 cm³/mol. The molecule has 3 unspecified atom stereocenters. The molecule has 108 heavy (non-hydrogen) atoms. The van der Waals surface area contributed by atoms with E-state index in [1.807, 2.05) is 0 Å². The minimum absolute atomic E-state index is 0.00428. The molecule has 3 heterocycles. The number of hydrogen-bond donors (Lipinski definition) is 3. The molecule has 2 saturated heterocycles. The smallest absolute Gasteiger partial charge is 0.377 e. The van der Waals surface area contributed by atoms with Crippen LogP contribution in [0.5, 0.6) is 0 Å². The van der Waals surface area contributed by atoms with Gasteiger partial charge in [-0.25, -0.2) is 0 Å². The highest BCUT2D eigenvalue weighted by Crippen LogP contribution is 2.50. The first-order valence-electron chi connectivity index (χ1n) is 37.5. The monoisotopic (exact) mass is 1570 g/mol. The normalized spacial score (nSPS) is 31.0. The van der Waals surface area contributed by atoms with Gasteiger partial charge >= 0.3 is 18.5 Å². The van der Waals surface area contributed by atoms with Gasteiger partial charge in [0.2, 0.25) is 70.9 Å². The van der Waals surface area contributed by atoms with Gasteiger partial charge in [-0.15, -0.1) is 11.6 Å². The number of nitrogens with zero attached hydrogens (tertiary/aromatic N) is 9. The van der Waals surface area contributed by atoms with Crippen molar-refractivity contribution in [1.82, 2.24) is 60.0 Å². The number of carbonyl (C=O) groups is 12. The number of hydrogen-bond acceptors (Lipinski definition) is 13. The second-order valence-electron chi connectivity index (χ2n) is 31.7. The van der Waals surface area contributed by atoms with Gasteiger partial charge in [0.05, 0.1) is 43.9 Å². The third-order valence-corrected chi connectivity index (χ3v) is 23.3. The highest BCUT2D eigenvalue weighted by atomic mass is 35.5. The molecule has 3 aliphatic heterocycles. The summed E-state index contributed by atoms with van der Waals surface area (Å²) in [5.41, 5.74) is -2.89. The molecule has 0 aromatic heterocycles. The lowest BCUT2D eigenvalue weighted by Crippen LogP contribution is -2.71. The van der Waals surface area contributed by atoms with Crippen molar-refractivity contribution in [2.45, 2.75) is 254 Å². The van der Waals surface area contributed by atoms with E-state index in [-0.39, 0.29) is 135 Å². The Labute approximate surface area is 632 Å². The average molecular weight is 1570 g/mol. The third-order valence-electron chi connectivity index (χ3n) is 22.8. The summed E-state index contributed by atoms with van der Waals surface area (Å²) in [6, 6.07) is -13.2. The summed E-state index contributed by atoms with van der Waals surface area (Å²) in [6.07, 6.45) is -16.7. The SMILES string of the molecule is CCC[C@H]1C(=O)N[C@@H]([C@@H](C)CC)C(=O)N(C)CC(=O)N(C)[C@H]2C/C=C\CCN(C2=O)[C@@H](CC2CCC(C(F)(F)F)CC2)C(=O)N(C)CC(=O)N[C@@H](CCC2CCC(C(F)(F)F)C(Cl)C2)C(=O)N2C[C@H](OCC)C[C@H]2C(=O)NC2(CC(C)(C)C2)C(=O)N(C)[C@@H](CC(F)(F)F)C(=O)N(C)[C@H](C(=O)N(C)C)CC(=O)N1C. The van der Waals surface area contributed by atoms with E-state index in [1.54, 1.807) is 53.7 Å². The van der Waals surface area contributed by atoms with Gasteiger partial charge in [-0.05, 0) is 126 Å². The first-order valence-corrected chi connectivity index (χ1v) is 38.0. The topological polar surface area (TPSA) is 279 Å². The van der Waals surface area contributed by atoms with Crippen molar-refractivity contribution in [3.8, 4) is 0 Å². The summed E-state index contributed by atoms with van der Waals surface area (Å²) >= 11 is 6.38. The van der Waals surface area contributed by atoms with Gasteiger partial charge < -0.3 is 64.8 Å². The number of alkyl halides is 10. The fraction of sp³-hybridized carbons (Fsp3) is 0.808. The number of fused-ring (bicyclic) bond motifs is 3. The number of carbonyl (C=O) groups excluding carboxylic acids is 12. The highest BCUT2D eigenvalue weighted by molar-refractivity contribution is 6.21. The van der Waals surface area contributed by atoms with Gasteiger partial charge in [0.1, 0.15) is 53.9 Å². The summed E-state index contributed by atoms with van der Waals surface area (Å²) in [6.45, 7) is 8.08. The molecule has 1 spiro atoms. The van der Waals surface area contributed by atoms with Crippen molar-refractivity contribution in [3.05, 3.63) is 12.2 Å². The molecule has 612 valence electrons. The lowest BCUT2D eigenvalue weighted by atomic mass is 9.58. The Morgan fingerprint density at radius 3 is 1.82 bits per heavy atom. The Morgan fingerprint density at radius 2 is 1.27 bits per heavy atom. The van der Waals surface area contributed by atoms with Crippen molar-refractivity contribution in [2.24, 2.45) is 35.0 Å². The Kier molecular flexibility index (Phi) is 31.1. The van der Waals surface area contributed by atoms with Crippen LogP contribution in [0.1, 0.15) is 170 Å². The summed E-state index contributed by atoms with van der Waals surface area (Å²) in [7, 11) is 9.43. The maximum Gasteiger partial charge on any atom is 0.393 e. The molecule has 0 aromatic rings. The van der Waals surface area contributed by atoms with E-state index in [1.165, 1.54) is 47.2 Å². The number of likely N-dealkylation sites (N-methyl/N-ethyl adjacent to an activating group) is 7. The van der Waals surface area contributed by atoms with Crippen LogP contribution >= 0.6 is 11.6 Å². The molecule has 5 fully saturated rings. The summed E-state index contributed by atoms with van der Waals surface area (Å²) < 4.78 is 136. The zero-order valence-electron chi connectivity index (χ0n) is 64.6. The zero-order valence-corrected chi connectivity index (χ0v) is 65.4. The molecular weight excluding hydrogens is 1460 g/mol. The van der Waals surface area contributed by atoms with Crippen LogP contribution in [0.4, 0.5) is 39.5 Å². The van der Waals surface area contributed by atoms with Gasteiger partial charge in [-0.3, -0.25) is 57.5 Å². The second kappa shape index (κ2) is 37.3. The van der Waals surface area contributed by atoms with Crippen molar-refractivity contribution in [2.75, 3.05) is 89.2 Å². The average Bonchev–Trinajstić information content (AvgIpc) is 0.804. The van der Waals surface area contributed by atoms with Crippen molar-refractivity contribution >= 4 is 82.5 Å². The number of amides is 12. The van der Waals surface area contributed by atoms with E-state index in [9.17, 15) is 59.9 Å². The number of rotatable bonds is 13. The van der Waals surface area contributed by atoms with Crippen LogP contribution in [0.15, 0.2) is 12.2 Å². The van der Waals surface area contributed by atoms with Gasteiger partial charge in [0.15, 0.2) is 0 Å². The Hall–Kier alpha value is -7.00. The molecule has 35 heteroatoms. The van der Waals surface area contributed by atoms with Crippen LogP contribution in [0.3, 0.4) is 0 Å².